The third-order valence-electron chi connectivity index (χ3n) is 4.46. The Morgan fingerprint density at radius 1 is 0.762 bits per heavy atom. The van der Waals surface area contributed by atoms with Crippen LogP contribution in [0.15, 0.2) is 24.3 Å². The quantitative estimate of drug-likeness (QED) is 0.383. The van der Waals surface area contributed by atoms with Gasteiger partial charge in [0.15, 0.2) is 0 Å². The van der Waals surface area contributed by atoms with Crippen molar-refractivity contribution in [1.82, 2.24) is 0 Å². The van der Waals surface area contributed by atoms with Crippen molar-refractivity contribution >= 4 is 12.9 Å². The maximum Gasteiger partial charge on any atom is 0.0842 e. The van der Waals surface area contributed by atoms with Gasteiger partial charge in [0, 0.05) is 12.9 Å². The van der Waals surface area contributed by atoms with Gasteiger partial charge in [-0.2, -0.15) is 0 Å². The summed E-state index contributed by atoms with van der Waals surface area (Å²) in [4.78, 5) is 0. The smallest absolute Gasteiger partial charge is 0.0842 e. The van der Waals surface area contributed by atoms with Crippen LogP contribution in [0.2, 0.25) is 0 Å². The van der Waals surface area contributed by atoms with Crippen LogP contribution in [0.5, 0.6) is 0 Å². The van der Waals surface area contributed by atoms with Crippen molar-refractivity contribution in [2.24, 2.45) is 0 Å². The summed E-state index contributed by atoms with van der Waals surface area (Å²) < 4.78 is 0. The van der Waals surface area contributed by atoms with Crippen LogP contribution in [0.4, 0.5) is 5.69 Å². The van der Waals surface area contributed by atoms with Crippen molar-refractivity contribution in [2.45, 2.75) is 65.5 Å². The lowest BCUT2D eigenvalue weighted by molar-refractivity contribution is 0.832. The first-order chi connectivity index (χ1) is 10.2. The van der Waals surface area contributed by atoms with E-state index in [9.17, 15) is 0 Å². The fraction of sp³-hybridized carbons (Fsp3) is 0.684. The Morgan fingerprint density at radius 2 is 1.19 bits per heavy atom. The first-order valence-electron chi connectivity index (χ1n) is 8.85. The minimum atomic E-state index is -0.824. The molecule has 0 saturated heterocycles. The van der Waals surface area contributed by atoms with Crippen molar-refractivity contribution in [3.05, 3.63) is 29.8 Å². The average Bonchev–Trinajstić information content (AvgIpc) is 2.51. The Balaban J connectivity index is 2.85. The first-order valence-corrected chi connectivity index (χ1v) is 11.4. The molecule has 1 aromatic carbocycles. The number of rotatable bonds is 11. The summed E-state index contributed by atoms with van der Waals surface area (Å²) >= 11 is 0. The Bertz CT molecular complexity index is 350. The highest BCUT2D eigenvalue weighted by Gasteiger charge is 2.35. The molecule has 0 bridgehead atoms. The fourth-order valence-electron chi connectivity index (χ4n) is 3.06. The molecule has 0 spiro atoms. The van der Waals surface area contributed by atoms with E-state index >= 15 is 0 Å². The van der Waals surface area contributed by atoms with Gasteiger partial charge in [0.1, 0.15) is 0 Å². The second kappa shape index (κ2) is 10.2. The van der Waals surface area contributed by atoms with E-state index in [0.717, 1.165) is 5.69 Å². The molecule has 120 valence electrons. The zero-order valence-electron chi connectivity index (χ0n) is 14.4. The number of anilines is 1. The lowest BCUT2D eigenvalue weighted by Gasteiger charge is -2.28. The highest BCUT2D eigenvalue weighted by molar-refractivity contribution is 7.75. The molecule has 0 heterocycles. The molecule has 0 radical (unpaired) electrons. The molecule has 0 amide bonds. The molecule has 1 rings (SSSR count). The predicted octanol–water partition coefficient (Wildman–Crippen LogP) is 6.19. The van der Waals surface area contributed by atoms with Gasteiger partial charge in [-0.05, 0) is 37.0 Å². The number of unbranched alkanes of at least 4 members (excludes halogenated alkanes) is 3. The van der Waals surface area contributed by atoms with Crippen LogP contribution in [0.3, 0.4) is 0 Å². The number of nitrogens with two attached hydrogens (primary N) is 1. The monoisotopic (exact) mass is 308 g/mol. The molecular formula is C19H35NP+. The third kappa shape index (κ3) is 6.83. The van der Waals surface area contributed by atoms with Crippen molar-refractivity contribution in [3.8, 4) is 0 Å². The molecule has 0 saturated carbocycles. The van der Waals surface area contributed by atoms with Crippen LogP contribution in [-0.4, -0.2) is 18.5 Å². The molecule has 2 N–H and O–H groups in total. The second-order valence-corrected chi connectivity index (χ2v) is 10.8. The van der Waals surface area contributed by atoms with Gasteiger partial charge >= 0.3 is 0 Å². The summed E-state index contributed by atoms with van der Waals surface area (Å²) in [5.74, 6) is 0. The number of hydrogen-bond acceptors (Lipinski definition) is 1. The number of benzene rings is 1. The molecule has 21 heavy (non-hydrogen) atoms. The van der Waals surface area contributed by atoms with E-state index in [2.05, 4.69) is 45.0 Å². The van der Waals surface area contributed by atoms with Gasteiger partial charge in [-0.1, -0.05) is 52.2 Å². The Labute approximate surface area is 133 Å². The van der Waals surface area contributed by atoms with E-state index in [0.29, 0.717) is 0 Å². The zero-order valence-corrected chi connectivity index (χ0v) is 15.3. The Hall–Kier alpha value is -0.550. The summed E-state index contributed by atoms with van der Waals surface area (Å²) in [6.07, 6.45) is 14.1. The van der Waals surface area contributed by atoms with E-state index in [-0.39, 0.29) is 0 Å². The Kier molecular flexibility index (Phi) is 9.00. The van der Waals surface area contributed by atoms with Gasteiger partial charge in [-0.25, -0.2) is 0 Å². The topological polar surface area (TPSA) is 26.0 Å². The highest BCUT2D eigenvalue weighted by atomic mass is 31.2. The van der Waals surface area contributed by atoms with Crippen LogP contribution in [0.25, 0.3) is 0 Å². The van der Waals surface area contributed by atoms with Crippen LogP contribution >= 0.6 is 7.26 Å². The predicted molar refractivity (Wildman–Crippen MR) is 101 cm³/mol. The molecule has 0 unspecified atom stereocenters. The van der Waals surface area contributed by atoms with Crippen LogP contribution in [0.1, 0.15) is 64.9 Å². The van der Waals surface area contributed by atoms with Crippen LogP contribution in [0, 0.1) is 0 Å². The first kappa shape index (κ1) is 18.5. The van der Waals surface area contributed by atoms with Crippen molar-refractivity contribution in [3.63, 3.8) is 0 Å². The van der Waals surface area contributed by atoms with E-state index in [1.54, 1.807) is 0 Å². The van der Waals surface area contributed by atoms with E-state index < -0.39 is 7.26 Å². The SMILES string of the molecule is CCCC[P+](CCCC)(CCCC)Cc1ccc(N)cc1. The number of nitrogen functional groups attached to an aromatic ring is 1. The Morgan fingerprint density at radius 3 is 1.57 bits per heavy atom. The van der Waals surface area contributed by atoms with Gasteiger partial charge in [0.2, 0.25) is 0 Å². The molecule has 1 aromatic rings. The third-order valence-corrected chi connectivity index (χ3v) is 9.29. The second-order valence-electron chi connectivity index (χ2n) is 6.47. The van der Waals surface area contributed by atoms with Crippen molar-refractivity contribution in [1.29, 1.82) is 0 Å². The molecule has 0 aromatic heterocycles. The summed E-state index contributed by atoms with van der Waals surface area (Å²) in [6, 6.07) is 8.66. The largest absolute Gasteiger partial charge is 0.399 e. The molecule has 0 aliphatic carbocycles. The van der Waals surface area contributed by atoms with Crippen LogP contribution in [-0.2, 0) is 6.16 Å². The zero-order chi connectivity index (χ0) is 15.6. The molecule has 0 fully saturated rings. The lowest BCUT2D eigenvalue weighted by atomic mass is 10.2. The number of hydrogen-bond donors (Lipinski definition) is 1. The minimum absolute atomic E-state index is 0.824. The molecule has 0 atom stereocenters. The lowest BCUT2D eigenvalue weighted by Crippen LogP contribution is -2.11. The van der Waals surface area contributed by atoms with Crippen molar-refractivity contribution < 1.29 is 0 Å². The fourth-order valence-corrected chi connectivity index (χ4v) is 8.16. The van der Waals surface area contributed by atoms with Crippen molar-refractivity contribution in [2.75, 3.05) is 24.2 Å². The van der Waals surface area contributed by atoms with Gasteiger partial charge in [0.05, 0.1) is 24.6 Å². The normalized spacial score (nSPS) is 11.8. The summed E-state index contributed by atoms with van der Waals surface area (Å²) in [7, 11) is -0.824. The van der Waals surface area contributed by atoms with Gasteiger partial charge in [-0.3, -0.25) is 0 Å². The van der Waals surface area contributed by atoms with E-state index in [1.807, 2.05) is 0 Å². The molecule has 0 aliphatic rings. The molecule has 0 aliphatic heterocycles. The standard InChI is InChI=1S/C19H35NP/c1-4-7-14-21(15-8-5-2,16-9-6-3)17-18-10-12-19(20)13-11-18/h10-13H,4-9,14-17,20H2,1-3H3/q+1. The van der Waals surface area contributed by atoms with Gasteiger partial charge < -0.3 is 5.73 Å². The molecule has 2 heteroatoms. The summed E-state index contributed by atoms with van der Waals surface area (Å²) in [5.41, 5.74) is 8.24. The van der Waals surface area contributed by atoms with E-state index in [1.165, 1.54) is 68.7 Å². The molecule has 1 nitrogen and oxygen atoms in total. The molecular weight excluding hydrogens is 273 g/mol. The van der Waals surface area contributed by atoms with Gasteiger partial charge in [0.25, 0.3) is 0 Å². The van der Waals surface area contributed by atoms with E-state index in [4.69, 9.17) is 5.73 Å². The van der Waals surface area contributed by atoms with Gasteiger partial charge in [-0.15, -0.1) is 0 Å². The highest BCUT2D eigenvalue weighted by Crippen LogP contribution is 2.63. The maximum absolute atomic E-state index is 5.84. The summed E-state index contributed by atoms with van der Waals surface area (Å²) in [6.45, 7) is 6.99. The van der Waals surface area contributed by atoms with Crippen LogP contribution < -0.4 is 5.73 Å². The summed E-state index contributed by atoms with van der Waals surface area (Å²) in [5, 5.41) is 0. The maximum atomic E-state index is 5.84. The minimum Gasteiger partial charge on any atom is -0.399 e. The average molecular weight is 308 g/mol.